The van der Waals surface area contributed by atoms with Gasteiger partial charge in [-0.25, -0.2) is 9.37 Å². The van der Waals surface area contributed by atoms with E-state index in [9.17, 15) is 4.39 Å². The molecule has 2 aromatic rings. The number of aromatic nitrogens is 2. The smallest absolute Gasteiger partial charge is 0.238 e. The largest absolute Gasteiger partial charge is 0.434 e. The van der Waals surface area contributed by atoms with Crippen molar-refractivity contribution in [3.63, 3.8) is 0 Å². The molecular formula is C11H8BrFN2O2. The fraction of sp³-hybridized carbons (Fsp3) is 0.0909. The molecule has 2 rings (SSSR count). The lowest BCUT2D eigenvalue weighted by Gasteiger charge is -2.06. The monoisotopic (exact) mass is 298 g/mol. The van der Waals surface area contributed by atoms with Gasteiger partial charge in [-0.05, 0) is 18.2 Å². The third kappa shape index (κ3) is 2.98. The maximum absolute atomic E-state index is 13.4. The molecule has 17 heavy (non-hydrogen) atoms. The number of nitrogens with zero attached hydrogens (tertiary/aromatic N) is 2. The second kappa shape index (κ2) is 5.20. The lowest BCUT2D eigenvalue weighted by atomic mass is 10.3. The number of halogens is 2. The van der Waals surface area contributed by atoms with Gasteiger partial charge in [-0.2, -0.15) is 0 Å². The van der Waals surface area contributed by atoms with Gasteiger partial charge in [-0.1, -0.05) is 15.9 Å². The van der Waals surface area contributed by atoms with E-state index in [1.807, 2.05) is 0 Å². The van der Waals surface area contributed by atoms with Gasteiger partial charge in [-0.15, -0.1) is 0 Å². The van der Waals surface area contributed by atoms with Crippen LogP contribution < -0.4 is 4.74 Å². The van der Waals surface area contributed by atoms with Crippen LogP contribution in [-0.4, -0.2) is 15.1 Å². The Hall–Kier alpha value is -1.53. The summed E-state index contributed by atoms with van der Waals surface area (Å²) in [6.07, 6.45) is 2.75. The van der Waals surface area contributed by atoms with Crippen LogP contribution in [0, 0.1) is 5.82 Å². The van der Waals surface area contributed by atoms with Gasteiger partial charge in [0.15, 0.2) is 11.6 Å². The molecule has 0 amide bonds. The van der Waals surface area contributed by atoms with Crippen LogP contribution in [0.2, 0.25) is 0 Å². The standard InChI is InChI=1S/C11H8BrFN2O2/c12-7-1-2-9(13)10(3-7)17-11-5-14-4-8(6-16)15-11/h1-5,16H,6H2. The van der Waals surface area contributed by atoms with Crippen molar-refractivity contribution in [2.45, 2.75) is 6.61 Å². The van der Waals surface area contributed by atoms with Crippen LogP contribution in [0.5, 0.6) is 11.6 Å². The Balaban J connectivity index is 2.27. The molecule has 1 aromatic carbocycles. The van der Waals surface area contributed by atoms with Gasteiger partial charge in [-0.3, -0.25) is 4.98 Å². The molecule has 1 heterocycles. The van der Waals surface area contributed by atoms with Crippen LogP contribution in [0.1, 0.15) is 5.69 Å². The highest BCUT2D eigenvalue weighted by Gasteiger charge is 2.07. The van der Waals surface area contributed by atoms with Crippen molar-refractivity contribution in [3.8, 4) is 11.6 Å². The van der Waals surface area contributed by atoms with Crippen molar-refractivity contribution >= 4 is 15.9 Å². The fourth-order valence-electron chi connectivity index (χ4n) is 1.18. The van der Waals surface area contributed by atoms with E-state index >= 15 is 0 Å². The summed E-state index contributed by atoms with van der Waals surface area (Å²) in [5.41, 5.74) is 0.359. The topological polar surface area (TPSA) is 55.2 Å². The number of benzene rings is 1. The van der Waals surface area contributed by atoms with E-state index in [1.165, 1.54) is 24.5 Å². The normalized spacial score (nSPS) is 10.3. The molecule has 0 saturated heterocycles. The Morgan fingerprint density at radius 3 is 2.94 bits per heavy atom. The van der Waals surface area contributed by atoms with E-state index in [0.717, 1.165) is 0 Å². The molecule has 6 heteroatoms. The quantitative estimate of drug-likeness (QED) is 0.946. The van der Waals surface area contributed by atoms with Gasteiger partial charge in [0.1, 0.15) is 0 Å². The molecule has 0 aliphatic heterocycles. The molecular weight excluding hydrogens is 291 g/mol. The lowest BCUT2D eigenvalue weighted by Crippen LogP contribution is -1.96. The molecule has 0 saturated carbocycles. The molecule has 0 unspecified atom stereocenters. The highest BCUT2D eigenvalue weighted by Crippen LogP contribution is 2.26. The first-order valence-corrected chi connectivity index (χ1v) is 5.53. The van der Waals surface area contributed by atoms with Gasteiger partial charge in [0.05, 0.1) is 24.7 Å². The highest BCUT2D eigenvalue weighted by molar-refractivity contribution is 9.10. The molecule has 4 nitrogen and oxygen atoms in total. The summed E-state index contributed by atoms with van der Waals surface area (Å²) in [5, 5.41) is 8.89. The van der Waals surface area contributed by atoms with E-state index in [1.54, 1.807) is 6.07 Å². The average molecular weight is 299 g/mol. The van der Waals surface area contributed by atoms with Crippen LogP contribution >= 0.6 is 15.9 Å². The Morgan fingerprint density at radius 1 is 1.35 bits per heavy atom. The van der Waals surface area contributed by atoms with Crippen molar-refractivity contribution in [2.24, 2.45) is 0 Å². The fourth-order valence-corrected chi connectivity index (χ4v) is 1.52. The molecule has 0 atom stereocenters. The van der Waals surface area contributed by atoms with Crippen molar-refractivity contribution in [2.75, 3.05) is 0 Å². The Morgan fingerprint density at radius 2 is 2.18 bits per heavy atom. The number of hydrogen-bond donors (Lipinski definition) is 1. The zero-order chi connectivity index (χ0) is 12.3. The minimum Gasteiger partial charge on any atom is -0.434 e. The van der Waals surface area contributed by atoms with Gasteiger partial charge < -0.3 is 9.84 Å². The van der Waals surface area contributed by atoms with E-state index in [0.29, 0.717) is 10.2 Å². The van der Waals surface area contributed by atoms with Crippen LogP contribution in [0.4, 0.5) is 4.39 Å². The second-order valence-corrected chi connectivity index (χ2v) is 4.10. The van der Waals surface area contributed by atoms with Crippen molar-refractivity contribution < 1.29 is 14.2 Å². The molecule has 0 fully saturated rings. The van der Waals surface area contributed by atoms with Crippen LogP contribution in [-0.2, 0) is 6.61 Å². The van der Waals surface area contributed by atoms with Gasteiger partial charge >= 0.3 is 0 Å². The van der Waals surface area contributed by atoms with E-state index in [4.69, 9.17) is 9.84 Å². The molecule has 0 aliphatic carbocycles. The maximum atomic E-state index is 13.4. The predicted octanol–water partition coefficient (Wildman–Crippen LogP) is 2.66. The van der Waals surface area contributed by atoms with Crippen LogP contribution in [0.3, 0.4) is 0 Å². The summed E-state index contributed by atoms with van der Waals surface area (Å²) >= 11 is 3.22. The lowest BCUT2D eigenvalue weighted by molar-refractivity contribution is 0.274. The molecule has 88 valence electrons. The predicted molar refractivity (Wildman–Crippen MR) is 62.1 cm³/mol. The first kappa shape index (κ1) is 11.9. The zero-order valence-corrected chi connectivity index (χ0v) is 10.2. The first-order chi connectivity index (χ1) is 8.19. The molecule has 0 radical (unpaired) electrons. The molecule has 0 spiro atoms. The number of hydrogen-bond acceptors (Lipinski definition) is 4. The summed E-state index contributed by atoms with van der Waals surface area (Å²) in [5.74, 6) is -0.318. The van der Waals surface area contributed by atoms with Gasteiger partial charge in [0.2, 0.25) is 5.88 Å². The minimum absolute atomic E-state index is 0.0452. The molecule has 1 aromatic heterocycles. The molecule has 1 N–H and O–H groups in total. The Labute approximate surface area is 105 Å². The Bertz CT molecular complexity index is 537. The highest BCUT2D eigenvalue weighted by atomic mass is 79.9. The SMILES string of the molecule is OCc1cncc(Oc2cc(Br)ccc2F)n1. The van der Waals surface area contributed by atoms with E-state index in [-0.39, 0.29) is 18.2 Å². The zero-order valence-electron chi connectivity index (χ0n) is 8.60. The number of aliphatic hydroxyl groups is 1. The summed E-state index contributed by atoms with van der Waals surface area (Å²) < 4.78 is 19.3. The van der Waals surface area contributed by atoms with Crippen molar-refractivity contribution in [1.82, 2.24) is 9.97 Å². The summed E-state index contributed by atoms with van der Waals surface area (Å²) in [7, 11) is 0. The average Bonchev–Trinajstić information content (AvgIpc) is 2.34. The minimum atomic E-state index is -0.496. The van der Waals surface area contributed by atoms with E-state index < -0.39 is 5.82 Å². The number of aliphatic hydroxyl groups excluding tert-OH is 1. The number of ether oxygens (including phenoxy) is 1. The summed E-state index contributed by atoms with van der Waals surface area (Å²) in [4.78, 5) is 7.76. The van der Waals surface area contributed by atoms with Gasteiger partial charge in [0.25, 0.3) is 0 Å². The van der Waals surface area contributed by atoms with Gasteiger partial charge in [0, 0.05) is 4.47 Å². The molecule has 0 bridgehead atoms. The second-order valence-electron chi connectivity index (χ2n) is 3.18. The number of rotatable bonds is 3. The van der Waals surface area contributed by atoms with Crippen LogP contribution in [0.15, 0.2) is 35.1 Å². The summed E-state index contributed by atoms with van der Waals surface area (Å²) in [6, 6.07) is 4.34. The molecule has 0 aliphatic rings. The third-order valence-electron chi connectivity index (χ3n) is 1.93. The summed E-state index contributed by atoms with van der Waals surface area (Å²) in [6.45, 7) is -0.245. The van der Waals surface area contributed by atoms with Crippen LogP contribution in [0.25, 0.3) is 0 Å². The third-order valence-corrected chi connectivity index (χ3v) is 2.43. The van der Waals surface area contributed by atoms with Crippen molar-refractivity contribution in [1.29, 1.82) is 0 Å². The van der Waals surface area contributed by atoms with Crippen molar-refractivity contribution in [3.05, 3.63) is 46.6 Å². The Kier molecular flexibility index (Phi) is 3.65. The van der Waals surface area contributed by atoms with E-state index in [2.05, 4.69) is 25.9 Å². The maximum Gasteiger partial charge on any atom is 0.238 e. The first-order valence-electron chi connectivity index (χ1n) is 4.73.